The van der Waals surface area contributed by atoms with Crippen LogP contribution in [0.1, 0.15) is 6.92 Å². The highest BCUT2D eigenvalue weighted by molar-refractivity contribution is 7.89. The van der Waals surface area contributed by atoms with Crippen LogP contribution in [0.15, 0.2) is 21.7 Å². The Labute approximate surface area is 122 Å². The lowest BCUT2D eigenvalue weighted by molar-refractivity contribution is -0.895. The van der Waals surface area contributed by atoms with Crippen molar-refractivity contribution < 1.29 is 17.5 Å². The molecule has 2 aromatic rings. The largest absolute Gasteiger partial charge is 0.316 e. The van der Waals surface area contributed by atoms with Crippen molar-refractivity contribution in [1.29, 1.82) is 0 Å². The number of hydrogen-bond donors (Lipinski definition) is 1. The van der Waals surface area contributed by atoms with Crippen molar-refractivity contribution in [3.63, 3.8) is 0 Å². The molecule has 1 aromatic heterocycles. The molecule has 0 saturated heterocycles. The highest BCUT2D eigenvalue weighted by atomic mass is 35.5. The molecule has 20 heavy (non-hydrogen) atoms. The summed E-state index contributed by atoms with van der Waals surface area (Å²) in [6.07, 6.45) is -0.314. The van der Waals surface area contributed by atoms with Gasteiger partial charge in [-0.05, 0) is 22.4 Å². The SMILES string of the molecule is CC(NS(=O)(=O)c1ccc(Cl)c2nonc12)[N+](C)(C)C. The van der Waals surface area contributed by atoms with Crippen LogP contribution in [0.3, 0.4) is 0 Å². The third kappa shape index (κ3) is 2.78. The fourth-order valence-corrected chi connectivity index (χ4v) is 3.19. The number of fused-ring (bicyclic) bond motifs is 1. The summed E-state index contributed by atoms with van der Waals surface area (Å²) in [7, 11) is 1.93. The molecule has 0 aliphatic heterocycles. The topological polar surface area (TPSA) is 85.1 Å². The van der Waals surface area contributed by atoms with Gasteiger partial charge in [0.05, 0.1) is 26.2 Å². The molecule has 1 N–H and O–H groups in total. The Morgan fingerprint density at radius 2 is 1.85 bits per heavy atom. The average Bonchev–Trinajstić information content (AvgIpc) is 2.76. The molecule has 7 nitrogen and oxygen atoms in total. The molecule has 1 unspecified atom stereocenters. The second-order valence-corrected chi connectivity index (χ2v) is 7.51. The summed E-state index contributed by atoms with van der Waals surface area (Å²) in [5.74, 6) is 0. The van der Waals surface area contributed by atoms with Gasteiger partial charge in [0.1, 0.15) is 4.90 Å². The molecule has 1 atom stereocenters. The number of hydrogen-bond acceptors (Lipinski definition) is 5. The number of quaternary nitrogens is 1. The number of sulfonamides is 1. The van der Waals surface area contributed by atoms with E-state index in [2.05, 4.69) is 19.7 Å². The molecule has 9 heteroatoms. The van der Waals surface area contributed by atoms with Crippen LogP contribution in [-0.2, 0) is 10.0 Å². The van der Waals surface area contributed by atoms with Gasteiger partial charge < -0.3 is 4.48 Å². The van der Waals surface area contributed by atoms with Gasteiger partial charge >= 0.3 is 0 Å². The zero-order valence-corrected chi connectivity index (χ0v) is 13.2. The maximum atomic E-state index is 12.4. The van der Waals surface area contributed by atoms with Crippen molar-refractivity contribution in [2.75, 3.05) is 21.1 Å². The normalized spacial score (nSPS) is 14.7. The van der Waals surface area contributed by atoms with Gasteiger partial charge in [-0.3, -0.25) is 0 Å². The standard InChI is InChI=1S/C11H16ClN4O3S/c1-7(16(2,3)4)15-20(17,18)9-6-5-8(12)10-11(9)14-19-13-10/h5-7,15H,1-4H3/q+1. The third-order valence-corrected chi connectivity index (χ3v) is 4.97. The fraction of sp³-hybridized carbons (Fsp3) is 0.455. The molecule has 110 valence electrons. The minimum Gasteiger partial charge on any atom is -0.316 e. The van der Waals surface area contributed by atoms with Crippen molar-refractivity contribution in [3.8, 4) is 0 Å². The van der Waals surface area contributed by atoms with Gasteiger partial charge in [-0.1, -0.05) is 11.6 Å². The van der Waals surface area contributed by atoms with Crippen LogP contribution in [0.2, 0.25) is 5.02 Å². The summed E-state index contributed by atoms with van der Waals surface area (Å²) in [5, 5.41) is 7.52. The zero-order chi connectivity index (χ0) is 15.1. The first-order valence-corrected chi connectivity index (χ1v) is 7.73. The molecule has 0 amide bonds. The van der Waals surface area contributed by atoms with E-state index >= 15 is 0 Å². The first-order valence-electron chi connectivity index (χ1n) is 5.87. The van der Waals surface area contributed by atoms with Gasteiger partial charge in [0.25, 0.3) is 0 Å². The van der Waals surface area contributed by atoms with E-state index in [9.17, 15) is 8.42 Å². The van der Waals surface area contributed by atoms with Gasteiger partial charge in [0.15, 0.2) is 17.2 Å². The molecule has 0 saturated carbocycles. The smallest absolute Gasteiger partial charge is 0.247 e. The maximum Gasteiger partial charge on any atom is 0.247 e. The van der Waals surface area contributed by atoms with Crippen LogP contribution in [-0.4, -0.2) is 50.5 Å². The number of rotatable bonds is 4. The average molecular weight is 320 g/mol. The Bertz CT molecular complexity index is 736. The summed E-state index contributed by atoms with van der Waals surface area (Å²) in [6, 6.07) is 2.85. The van der Waals surface area contributed by atoms with E-state index in [1.54, 1.807) is 6.92 Å². The van der Waals surface area contributed by atoms with Crippen molar-refractivity contribution in [2.45, 2.75) is 18.0 Å². The Morgan fingerprint density at radius 1 is 1.25 bits per heavy atom. The lowest BCUT2D eigenvalue weighted by Gasteiger charge is -2.31. The van der Waals surface area contributed by atoms with Crippen molar-refractivity contribution in [2.24, 2.45) is 0 Å². The van der Waals surface area contributed by atoms with Crippen LogP contribution < -0.4 is 4.72 Å². The van der Waals surface area contributed by atoms with E-state index in [0.717, 1.165) is 0 Å². The summed E-state index contributed by atoms with van der Waals surface area (Å²) in [4.78, 5) is -0.00144. The van der Waals surface area contributed by atoms with Gasteiger partial charge in [0, 0.05) is 6.92 Å². The van der Waals surface area contributed by atoms with Gasteiger partial charge in [-0.2, -0.15) is 4.72 Å². The summed E-state index contributed by atoms with van der Waals surface area (Å²) in [5.41, 5.74) is 0.353. The molecule has 1 heterocycles. The Morgan fingerprint density at radius 3 is 2.45 bits per heavy atom. The van der Waals surface area contributed by atoms with Crippen LogP contribution in [0.4, 0.5) is 0 Å². The van der Waals surface area contributed by atoms with Crippen molar-refractivity contribution in [1.82, 2.24) is 15.0 Å². The predicted octanol–water partition coefficient (Wildman–Crippen LogP) is 1.21. The third-order valence-electron chi connectivity index (χ3n) is 3.11. The van der Waals surface area contributed by atoms with Gasteiger partial charge in [-0.15, -0.1) is 0 Å². The van der Waals surface area contributed by atoms with E-state index < -0.39 is 10.0 Å². The van der Waals surface area contributed by atoms with Crippen molar-refractivity contribution in [3.05, 3.63) is 17.2 Å². The second kappa shape index (κ2) is 4.96. The molecule has 0 fully saturated rings. The van der Waals surface area contributed by atoms with E-state index in [1.165, 1.54) is 12.1 Å². The number of halogens is 1. The lowest BCUT2D eigenvalue weighted by Crippen LogP contribution is -2.53. The molecular weight excluding hydrogens is 304 g/mol. The van der Waals surface area contributed by atoms with E-state index in [4.69, 9.17) is 11.6 Å². The molecule has 0 aliphatic carbocycles. The molecule has 0 aliphatic rings. The molecule has 0 radical (unpaired) electrons. The van der Waals surface area contributed by atoms with Crippen LogP contribution in [0, 0.1) is 0 Å². The highest BCUT2D eigenvalue weighted by Gasteiger charge is 2.28. The quantitative estimate of drug-likeness (QED) is 0.676. The molecule has 0 spiro atoms. The number of aromatic nitrogens is 2. The first kappa shape index (κ1) is 15.2. The maximum absolute atomic E-state index is 12.4. The monoisotopic (exact) mass is 319 g/mol. The number of benzene rings is 1. The lowest BCUT2D eigenvalue weighted by atomic mass is 10.3. The highest BCUT2D eigenvalue weighted by Crippen LogP contribution is 2.26. The minimum atomic E-state index is -3.74. The summed E-state index contributed by atoms with van der Waals surface area (Å²) >= 11 is 5.92. The van der Waals surface area contributed by atoms with Crippen molar-refractivity contribution >= 4 is 32.7 Å². The van der Waals surface area contributed by atoms with Crippen LogP contribution in [0.5, 0.6) is 0 Å². The number of nitrogens with one attached hydrogen (secondary N) is 1. The van der Waals surface area contributed by atoms with Crippen LogP contribution >= 0.6 is 11.6 Å². The molecule has 1 aromatic carbocycles. The molecule has 2 rings (SSSR count). The Kier molecular flexibility index (Phi) is 3.76. The van der Waals surface area contributed by atoms with E-state index in [0.29, 0.717) is 9.51 Å². The summed E-state index contributed by atoms with van der Waals surface area (Å²) < 4.78 is 32.5. The fourth-order valence-electron chi connectivity index (χ4n) is 1.48. The predicted molar refractivity (Wildman–Crippen MR) is 74.6 cm³/mol. The van der Waals surface area contributed by atoms with E-state index in [-0.39, 0.29) is 22.1 Å². The number of nitrogens with zero attached hydrogens (tertiary/aromatic N) is 3. The Hall–Kier alpha value is -1.22. The Balaban J connectivity index is 2.48. The zero-order valence-electron chi connectivity index (χ0n) is 11.6. The van der Waals surface area contributed by atoms with Gasteiger partial charge in [0.2, 0.25) is 10.0 Å². The molecular formula is C11H16ClN4O3S+. The summed E-state index contributed by atoms with van der Waals surface area (Å²) in [6.45, 7) is 1.78. The minimum absolute atomic E-state index is 0.00144. The van der Waals surface area contributed by atoms with Crippen LogP contribution in [0.25, 0.3) is 11.0 Å². The molecule has 0 bridgehead atoms. The van der Waals surface area contributed by atoms with E-state index in [1.807, 2.05) is 21.1 Å². The second-order valence-electron chi connectivity index (χ2n) is 5.42. The first-order chi connectivity index (χ1) is 9.13. The van der Waals surface area contributed by atoms with Gasteiger partial charge in [-0.25, -0.2) is 13.0 Å².